The maximum atomic E-state index is 4.54. The molecule has 3 aromatic rings. The van der Waals surface area contributed by atoms with E-state index in [1.54, 1.807) is 12.7 Å². The van der Waals surface area contributed by atoms with Gasteiger partial charge in [0.25, 0.3) is 0 Å². The van der Waals surface area contributed by atoms with Crippen LogP contribution in [0.25, 0.3) is 10.9 Å². The number of para-hydroxylation sites is 1. The molecule has 1 aromatic carbocycles. The summed E-state index contributed by atoms with van der Waals surface area (Å²) in [5.74, 6) is 1.97. The molecule has 0 fully saturated rings. The SMILES string of the molecule is CN(C)c1ncnc2c1CN(c1ncnc3ccccc13)CC2. The summed E-state index contributed by atoms with van der Waals surface area (Å²) < 4.78 is 0. The summed E-state index contributed by atoms with van der Waals surface area (Å²) in [5.41, 5.74) is 3.30. The third kappa shape index (κ3) is 2.36. The Hall–Kier alpha value is -2.76. The average Bonchev–Trinajstić information content (AvgIpc) is 2.60. The molecular weight excluding hydrogens is 288 g/mol. The molecule has 0 saturated carbocycles. The van der Waals surface area contributed by atoms with Gasteiger partial charge in [0.2, 0.25) is 0 Å². The van der Waals surface area contributed by atoms with E-state index >= 15 is 0 Å². The first-order valence-electron chi connectivity index (χ1n) is 7.69. The van der Waals surface area contributed by atoms with Gasteiger partial charge in [-0.15, -0.1) is 0 Å². The zero-order valence-corrected chi connectivity index (χ0v) is 13.3. The summed E-state index contributed by atoms with van der Waals surface area (Å²) in [6, 6.07) is 8.13. The molecule has 2 aromatic heterocycles. The second-order valence-corrected chi connectivity index (χ2v) is 5.90. The standard InChI is InChI=1S/C17H18N6/c1-22(2)16-13-9-23(8-7-15(13)19-10-20-16)17-12-5-3-4-6-14(12)18-11-21-17/h3-6,10-11H,7-9H2,1-2H3. The first kappa shape index (κ1) is 13.9. The molecule has 23 heavy (non-hydrogen) atoms. The van der Waals surface area contributed by atoms with E-state index in [2.05, 4.69) is 30.9 Å². The van der Waals surface area contributed by atoms with E-state index in [9.17, 15) is 0 Å². The second-order valence-electron chi connectivity index (χ2n) is 5.90. The molecule has 0 radical (unpaired) electrons. The lowest BCUT2D eigenvalue weighted by atomic mass is 10.1. The first-order chi connectivity index (χ1) is 11.2. The van der Waals surface area contributed by atoms with Crippen molar-refractivity contribution in [3.8, 4) is 0 Å². The van der Waals surface area contributed by atoms with Crippen molar-refractivity contribution >= 4 is 22.5 Å². The highest BCUT2D eigenvalue weighted by molar-refractivity contribution is 5.89. The fourth-order valence-corrected chi connectivity index (χ4v) is 3.14. The molecule has 0 amide bonds. The number of fused-ring (bicyclic) bond motifs is 2. The predicted octanol–water partition coefficient (Wildman–Crippen LogP) is 2.05. The normalized spacial score (nSPS) is 13.9. The fraction of sp³-hybridized carbons (Fsp3) is 0.294. The van der Waals surface area contributed by atoms with Gasteiger partial charge in [-0.25, -0.2) is 19.9 Å². The molecule has 0 bridgehead atoms. The van der Waals surface area contributed by atoms with Crippen LogP contribution in [0.2, 0.25) is 0 Å². The Balaban J connectivity index is 1.78. The van der Waals surface area contributed by atoms with Gasteiger partial charge >= 0.3 is 0 Å². The quantitative estimate of drug-likeness (QED) is 0.722. The van der Waals surface area contributed by atoms with Crippen molar-refractivity contribution in [3.63, 3.8) is 0 Å². The van der Waals surface area contributed by atoms with Crippen molar-refractivity contribution in [1.29, 1.82) is 0 Å². The Morgan fingerprint density at radius 2 is 1.83 bits per heavy atom. The fourth-order valence-electron chi connectivity index (χ4n) is 3.14. The maximum Gasteiger partial charge on any atom is 0.140 e. The number of aromatic nitrogens is 4. The van der Waals surface area contributed by atoms with Crippen LogP contribution in [0.5, 0.6) is 0 Å². The van der Waals surface area contributed by atoms with Crippen LogP contribution in [0.4, 0.5) is 11.6 Å². The van der Waals surface area contributed by atoms with E-state index in [4.69, 9.17) is 0 Å². The minimum absolute atomic E-state index is 0.769. The number of benzene rings is 1. The molecule has 0 aliphatic carbocycles. The summed E-state index contributed by atoms with van der Waals surface area (Å²) in [7, 11) is 4.03. The monoisotopic (exact) mass is 306 g/mol. The largest absolute Gasteiger partial charge is 0.362 e. The van der Waals surface area contributed by atoms with Gasteiger partial charge in [0.05, 0.1) is 11.2 Å². The van der Waals surface area contributed by atoms with Gasteiger partial charge in [0, 0.05) is 44.6 Å². The van der Waals surface area contributed by atoms with Gasteiger partial charge in [-0.3, -0.25) is 0 Å². The van der Waals surface area contributed by atoms with E-state index in [-0.39, 0.29) is 0 Å². The topological polar surface area (TPSA) is 58.0 Å². The van der Waals surface area contributed by atoms with E-state index in [0.29, 0.717) is 0 Å². The van der Waals surface area contributed by atoms with Crippen LogP contribution < -0.4 is 9.80 Å². The Bertz CT molecular complexity index is 855. The van der Waals surface area contributed by atoms with Crippen LogP contribution in [0.1, 0.15) is 11.3 Å². The zero-order chi connectivity index (χ0) is 15.8. The summed E-state index contributed by atoms with van der Waals surface area (Å²) in [6.45, 7) is 1.67. The van der Waals surface area contributed by atoms with Gasteiger partial charge in [0.15, 0.2) is 0 Å². The predicted molar refractivity (Wildman–Crippen MR) is 90.7 cm³/mol. The molecule has 6 heteroatoms. The van der Waals surface area contributed by atoms with Crippen LogP contribution >= 0.6 is 0 Å². The highest BCUT2D eigenvalue weighted by Gasteiger charge is 2.23. The minimum atomic E-state index is 0.769. The van der Waals surface area contributed by atoms with Crippen molar-refractivity contribution in [3.05, 3.63) is 48.2 Å². The van der Waals surface area contributed by atoms with E-state index in [0.717, 1.165) is 47.7 Å². The average molecular weight is 306 g/mol. The molecule has 0 spiro atoms. The van der Waals surface area contributed by atoms with E-state index < -0.39 is 0 Å². The first-order valence-corrected chi connectivity index (χ1v) is 7.69. The van der Waals surface area contributed by atoms with Gasteiger partial charge in [-0.2, -0.15) is 0 Å². The lowest BCUT2D eigenvalue weighted by Gasteiger charge is -2.31. The lowest BCUT2D eigenvalue weighted by molar-refractivity contribution is 0.696. The molecule has 0 N–H and O–H groups in total. The number of anilines is 2. The molecule has 0 saturated heterocycles. The van der Waals surface area contributed by atoms with Crippen molar-refractivity contribution < 1.29 is 0 Å². The van der Waals surface area contributed by atoms with Crippen LogP contribution in [-0.2, 0) is 13.0 Å². The Kier molecular flexibility index (Phi) is 3.29. The summed E-state index contributed by atoms with van der Waals surface area (Å²) in [4.78, 5) is 22.1. The van der Waals surface area contributed by atoms with Gasteiger partial charge in [-0.05, 0) is 12.1 Å². The number of rotatable bonds is 2. The van der Waals surface area contributed by atoms with Crippen molar-refractivity contribution in [2.45, 2.75) is 13.0 Å². The van der Waals surface area contributed by atoms with Crippen LogP contribution in [0.3, 0.4) is 0 Å². The van der Waals surface area contributed by atoms with Crippen LogP contribution in [0.15, 0.2) is 36.9 Å². The molecule has 4 rings (SSSR count). The molecule has 1 aliphatic rings. The Morgan fingerprint density at radius 3 is 2.70 bits per heavy atom. The molecule has 0 atom stereocenters. The highest BCUT2D eigenvalue weighted by atomic mass is 15.2. The third-order valence-corrected chi connectivity index (χ3v) is 4.22. The summed E-state index contributed by atoms with van der Waals surface area (Å²) >= 11 is 0. The Morgan fingerprint density at radius 1 is 1.00 bits per heavy atom. The van der Waals surface area contributed by atoms with Gasteiger partial charge in [-0.1, -0.05) is 12.1 Å². The van der Waals surface area contributed by atoms with Gasteiger partial charge in [0.1, 0.15) is 24.3 Å². The Labute approximate surface area is 134 Å². The van der Waals surface area contributed by atoms with E-state index in [1.165, 1.54) is 5.56 Å². The zero-order valence-electron chi connectivity index (χ0n) is 13.3. The van der Waals surface area contributed by atoms with Crippen molar-refractivity contribution in [1.82, 2.24) is 19.9 Å². The molecule has 0 unspecified atom stereocenters. The van der Waals surface area contributed by atoms with Crippen molar-refractivity contribution in [2.75, 3.05) is 30.4 Å². The second kappa shape index (κ2) is 5.46. The molecule has 3 heterocycles. The highest BCUT2D eigenvalue weighted by Crippen LogP contribution is 2.30. The third-order valence-electron chi connectivity index (χ3n) is 4.22. The molecule has 116 valence electrons. The summed E-state index contributed by atoms with van der Waals surface area (Å²) in [6.07, 6.45) is 4.20. The molecule has 1 aliphatic heterocycles. The molecular formula is C17H18N6. The number of hydrogen-bond acceptors (Lipinski definition) is 6. The lowest BCUT2D eigenvalue weighted by Crippen LogP contribution is -2.33. The number of nitrogens with zero attached hydrogens (tertiary/aromatic N) is 6. The van der Waals surface area contributed by atoms with Gasteiger partial charge < -0.3 is 9.80 Å². The van der Waals surface area contributed by atoms with Crippen LogP contribution in [-0.4, -0.2) is 40.6 Å². The molecule has 6 nitrogen and oxygen atoms in total. The summed E-state index contributed by atoms with van der Waals surface area (Å²) in [5, 5.41) is 1.08. The number of hydrogen-bond donors (Lipinski definition) is 0. The van der Waals surface area contributed by atoms with E-state index in [1.807, 2.05) is 37.2 Å². The van der Waals surface area contributed by atoms with Crippen molar-refractivity contribution in [2.24, 2.45) is 0 Å². The maximum absolute atomic E-state index is 4.54. The minimum Gasteiger partial charge on any atom is -0.362 e. The van der Waals surface area contributed by atoms with Crippen LogP contribution in [0, 0.1) is 0 Å². The smallest absolute Gasteiger partial charge is 0.140 e.